The van der Waals surface area contributed by atoms with Crippen molar-refractivity contribution in [1.29, 1.82) is 0 Å². The third-order valence-corrected chi connectivity index (χ3v) is 5.32. The van der Waals surface area contributed by atoms with Crippen molar-refractivity contribution in [2.45, 2.75) is 66.5 Å². The number of nitrogens with zero attached hydrogens (tertiary/aromatic N) is 2. The van der Waals surface area contributed by atoms with E-state index < -0.39 is 0 Å². The van der Waals surface area contributed by atoms with Crippen molar-refractivity contribution in [3.8, 4) is 0 Å². The Kier molecular flexibility index (Phi) is 5.49. The normalized spacial score (nSPS) is 15.5. The first-order valence-electron chi connectivity index (χ1n) is 9.72. The number of Topliss-reactive ketones (excluding diaryl/α,β-unsaturated/α-hetero) is 1. The molecular formula is C22H29N3O2. The van der Waals surface area contributed by atoms with Gasteiger partial charge in [0.25, 0.3) is 0 Å². The fourth-order valence-electron chi connectivity index (χ4n) is 4.08. The van der Waals surface area contributed by atoms with Gasteiger partial charge in [-0.3, -0.25) is 14.6 Å². The lowest BCUT2D eigenvalue weighted by Gasteiger charge is -2.30. The Morgan fingerprint density at radius 3 is 2.78 bits per heavy atom. The maximum absolute atomic E-state index is 12.9. The zero-order valence-electron chi connectivity index (χ0n) is 16.8. The molecule has 1 aliphatic rings. The summed E-state index contributed by atoms with van der Waals surface area (Å²) in [6.07, 6.45) is 6.13. The molecule has 0 unspecified atom stereocenters. The molecule has 144 valence electrons. The molecule has 0 aromatic carbocycles. The van der Waals surface area contributed by atoms with Crippen LogP contribution in [0.5, 0.6) is 0 Å². The second-order valence-corrected chi connectivity index (χ2v) is 8.29. The van der Waals surface area contributed by atoms with E-state index in [2.05, 4.69) is 35.6 Å². The van der Waals surface area contributed by atoms with Crippen LogP contribution in [-0.4, -0.2) is 21.2 Å². The van der Waals surface area contributed by atoms with E-state index in [1.54, 1.807) is 12.4 Å². The molecule has 0 radical (unpaired) electrons. The number of carbonyl (C=O) groups excluding carboxylic acids is 2. The number of rotatable bonds is 6. The summed E-state index contributed by atoms with van der Waals surface area (Å²) in [6.45, 7) is 9.80. The molecule has 5 nitrogen and oxygen atoms in total. The zero-order valence-corrected chi connectivity index (χ0v) is 16.8. The van der Waals surface area contributed by atoms with Gasteiger partial charge in [-0.15, -0.1) is 0 Å². The van der Waals surface area contributed by atoms with Gasteiger partial charge in [0.05, 0.1) is 6.42 Å². The number of hydrogen-bond acceptors (Lipinski definition) is 3. The topological polar surface area (TPSA) is 64.0 Å². The van der Waals surface area contributed by atoms with Crippen molar-refractivity contribution in [2.75, 3.05) is 0 Å². The lowest BCUT2D eigenvalue weighted by molar-refractivity contribution is -0.120. The molecule has 0 saturated carbocycles. The molecule has 0 atom stereocenters. The Labute approximate surface area is 161 Å². The van der Waals surface area contributed by atoms with Crippen molar-refractivity contribution in [3.05, 3.63) is 52.6 Å². The van der Waals surface area contributed by atoms with E-state index in [0.29, 0.717) is 13.0 Å². The summed E-state index contributed by atoms with van der Waals surface area (Å²) in [5.74, 6) is 0.116. The van der Waals surface area contributed by atoms with Crippen molar-refractivity contribution in [2.24, 2.45) is 5.41 Å². The second kappa shape index (κ2) is 7.67. The number of fused-ring (bicyclic) bond motifs is 1. The molecule has 27 heavy (non-hydrogen) atoms. The predicted molar refractivity (Wildman–Crippen MR) is 106 cm³/mol. The third-order valence-electron chi connectivity index (χ3n) is 5.32. The Hall–Kier alpha value is -2.43. The van der Waals surface area contributed by atoms with Crippen LogP contribution in [0.4, 0.5) is 0 Å². The highest BCUT2D eigenvalue weighted by molar-refractivity contribution is 6.01. The van der Waals surface area contributed by atoms with Gasteiger partial charge in [0.15, 0.2) is 5.78 Å². The lowest BCUT2D eigenvalue weighted by atomic mass is 9.75. The Morgan fingerprint density at radius 1 is 1.33 bits per heavy atom. The Balaban J connectivity index is 1.85. The molecule has 5 heteroatoms. The standard InChI is InChI=1S/C22H29N3O2/c1-5-9-25-15(2)17(21-18(25)11-22(3,4)12-19(21)26)10-20(27)24-14-16-7-6-8-23-13-16/h6-8,13H,5,9-12,14H2,1-4H3,(H,24,27). The summed E-state index contributed by atoms with van der Waals surface area (Å²) in [7, 11) is 0. The molecule has 0 bridgehead atoms. The minimum absolute atomic E-state index is 0.0276. The van der Waals surface area contributed by atoms with Gasteiger partial charge in [0.2, 0.25) is 5.91 Å². The number of amides is 1. The zero-order chi connectivity index (χ0) is 19.6. The van der Waals surface area contributed by atoms with E-state index in [1.165, 1.54) is 0 Å². The molecule has 0 saturated heterocycles. The summed E-state index contributed by atoms with van der Waals surface area (Å²) in [5.41, 5.74) is 4.82. The smallest absolute Gasteiger partial charge is 0.224 e. The minimum atomic E-state index is -0.0592. The summed E-state index contributed by atoms with van der Waals surface area (Å²) in [5, 5.41) is 2.95. The first kappa shape index (κ1) is 19.3. The summed E-state index contributed by atoms with van der Waals surface area (Å²) in [6, 6.07) is 3.79. The van der Waals surface area contributed by atoms with E-state index in [9.17, 15) is 9.59 Å². The van der Waals surface area contributed by atoms with Crippen molar-refractivity contribution < 1.29 is 9.59 Å². The van der Waals surface area contributed by atoms with Gasteiger partial charge in [-0.1, -0.05) is 26.8 Å². The van der Waals surface area contributed by atoms with Gasteiger partial charge in [0, 0.05) is 48.9 Å². The molecule has 0 aliphatic heterocycles. The highest BCUT2D eigenvalue weighted by atomic mass is 16.1. The van der Waals surface area contributed by atoms with Crippen LogP contribution in [0.15, 0.2) is 24.5 Å². The largest absolute Gasteiger partial charge is 0.352 e. The molecule has 3 rings (SSSR count). The van der Waals surface area contributed by atoms with Gasteiger partial charge >= 0.3 is 0 Å². The fraction of sp³-hybridized carbons (Fsp3) is 0.500. The third kappa shape index (κ3) is 4.12. The Bertz CT molecular complexity index is 850. The number of ketones is 1. The molecule has 1 aliphatic carbocycles. The van der Waals surface area contributed by atoms with Crippen molar-refractivity contribution in [3.63, 3.8) is 0 Å². The summed E-state index contributed by atoms with van der Waals surface area (Å²) in [4.78, 5) is 29.5. The molecule has 1 amide bonds. The highest BCUT2D eigenvalue weighted by Gasteiger charge is 2.36. The number of carbonyl (C=O) groups is 2. The van der Waals surface area contributed by atoms with E-state index in [0.717, 1.165) is 47.5 Å². The van der Waals surface area contributed by atoms with Crippen LogP contribution in [-0.2, 0) is 30.7 Å². The van der Waals surface area contributed by atoms with Crippen LogP contribution >= 0.6 is 0 Å². The van der Waals surface area contributed by atoms with Crippen LogP contribution in [0, 0.1) is 12.3 Å². The highest BCUT2D eigenvalue weighted by Crippen LogP contribution is 2.38. The van der Waals surface area contributed by atoms with Gasteiger partial charge in [-0.2, -0.15) is 0 Å². The average Bonchev–Trinajstić information content (AvgIpc) is 2.86. The molecule has 2 heterocycles. The molecular weight excluding hydrogens is 338 g/mol. The van der Waals surface area contributed by atoms with E-state index in [-0.39, 0.29) is 23.5 Å². The van der Waals surface area contributed by atoms with Crippen molar-refractivity contribution in [1.82, 2.24) is 14.9 Å². The minimum Gasteiger partial charge on any atom is -0.352 e. The van der Waals surface area contributed by atoms with Gasteiger partial charge in [-0.05, 0) is 42.4 Å². The molecule has 0 spiro atoms. The predicted octanol–water partition coefficient (Wildman–Crippen LogP) is 3.62. The maximum Gasteiger partial charge on any atom is 0.224 e. The quantitative estimate of drug-likeness (QED) is 0.848. The maximum atomic E-state index is 12.9. The van der Waals surface area contributed by atoms with Gasteiger partial charge in [0.1, 0.15) is 0 Å². The average molecular weight is 367 g/mol. The summed E-state index contributed by atoms with van der Waals surface area (Å²) >= 11 is 0. The van der Waals surface area contributed by atoms with E-state index in [1.807, 2.05) is 19.1 Å². The number of nitrogens with one attached hydrogen (secondary N) is 1. The van der Waals surface area contributed by atoms with E-state index in [4.69, 9.17) is 0 Å². The molecule has 1 N–H and O–H groups in total. The first-order valence-corrected chi connectivity index (χ1v) is 9.72. The first-order chi connectivity index (χ1) is 12.8. The fourth-order valence-corrected chi connectivity index (χ4v) is 4.08. The van der Waals surface area contributed by atoms with Crippen LogP contribution in [0.1, 0.15) is 66.5 Å². The van der Waals surface area contributed by atoms with E-state index >= 15 is 0 Å². The lowest BCUT2D eigenvalue weighted by Crippen LogP contribution is -2.29. The second-order valence-electron chi connectivity index (χ2n) is 8.29. The van der Waals surface area contributed by atoms with Crippen LogP contribution in [0.3, 0.4) is 0 Å². The monoisotopic (exact) mass is 367 g/mol. The van der Waals surface area contributed by atoms with Gasteiger partial charge in [-0.25, -0.2) is 0 Å². The van der Waals surface area contributed by atoms with Crippen LogP contribution < -0.4 is 5.32 Å². The van der Waals surface area contributed by atoms with Crippen LogP contribution in [0.25, 0.3) is 0 Å². The van der Waals surface area contributed by atoms with Gasteiger partial charge < -0.3 is 9.88 Å². The Morgan fingerprint density at radius 2 is 2.11 bits per heavy atom. The number of aromatic nitrogens is 2. The molecule has 0 fully saturated rings. The number of hydrogen-bond donors (Lipinski definition) is 1. The van der Waals surface area contributed by atoms with Crippen molar-refractivity contribution >= 4 is 11.7 Å². The molecule has 2 aromatic rings. The molecule has 2 aromatic heterocycles. The summed E-state index contributed by atoms with van der Waals surface area (Å²) < 4.78 is 2.26. The number of pyridine rings is 1. The SMILES string of the molecule is CCCn1c(C)c(CC(=O)NCc2cccnc2)c2c1CC(C)(C)CC2=O. The van der Waals surface area contributed by atoms with Crippen LogP contribution in [0.2, 0.25) is 0 Å².